The second-order valence-electron chi connectivity index (χ2n) is 3.64. The number of hydrogen-bond acceptors (Lipinski definition) is 2. The molecule has 1 fully saturated rings. The Hall–Kier alpha value is -0.800. The number of hydrogen-bond donors (Lipinski definition) is 0. The van der Waals surface area contributed by atoms with Crippen LogP contribution in [0.1, 0.15) is 5.56 Å². The van der Waals surface area contributed by atoms with Gasteiger partial charge >= 0.3 is 0 Å². The highest BCUT2D eigenvalue weighted by molar-refractivity contribution is 6.17. The molecule has 0 N–H and O–H groups in total. The summed E-state index contributed by atoms with van der Waals surface area (Å²) < 4.78 is 18.8. The van der Waals surface area contributed by atoms with Crippen LogP contribution in [0.15, 0.2) is 18.2 Å². The maximum Gasteiger partial charge on any atom is 0.146 e. The van der Waals surface area contributed by atoms with Gasteiger partial charge in [-0.05, 0) is 11.6 Å². The van der Waals surface area contributed by atoms with Crippen LogP contribution in [0.5, 0.6) is 0 Å². The first-order valence-corrected chi connectivity index (χ1v) is 5.40. The summed E-state index contributed by atoms with van der Waals surface area (Å²) in [5, 5.41) is 0. The number of anilines is 1. The summed E-state index contributed by atoms with van der Waals surface area (Å²) in [6, 6.07) is 5.00. The van der Waals surface area contributed by atoms with E-state index in [0.29, 0.717) is 11.6 Å². The number of halogens is 2. The first-order chi connectivity index (χ1) is 7.26. The molecule has 0 unspecified atom stereocenters. The smallest absolute Gasteiger partial charge is 0.146 e. The van der Waals surface area contributed by atoms with E-state index >= 15 is 0 Å². The minimum atomic E-state index is -0.206. The van der Waals surface area contributed by atoms with Crippen molar-refractivity contribution in [3.05, 3.63) is 29.6 Å². The highest BCUT2D eigenvalue weighted by Gasteiger charge is 2.29. The van der Waals surface area contributed by atoms with E-state index in [0.717, 1.165) is 18.7 Å². The predicted molar refractivity (Wildman–Crippen MR) is 59.0 cm³/mol. The minimum absolute atomic E-state index is 0.206. The number of para-hydroxylation sites is 1. The average molecular weight is 230 g/mol. The summed E-state index contributed by atoms with van der Waals surface area (Å²) in [6.45, 7) is 1.47. The van der Waals surface area contributed by atoms with Gasteiger partial charge in [0.2, 0.25) is 0 Å². The quantitative estimate of drug-likeness (QED) is 0.738. The molecule has 0 aliphatic carbocycles. The normalized spacial score (nSPS) is 16.6. The van der Waals surface area contributed by atoms with Crippen molar-refractivity contribution in [3.8, 4) is 0 Å². The van der Waals surface area contributed by atoms with Crippen molar-refractivity contribution in [3.63, 3.8) is 0 Å². The Bertz CT molecular complexity index is 352. The first kappa shape index (κ1) is 10.7. The Kier molecular flexibility index (Phi) is 3.12. The van der Waals surface area contributed by atoms with Crippen molar-refractivity contribution in [2.45, 2.75) is 12.0 Å². The highest BCUT2D eigenvalue weighted by atomic mass is 35.5. The minimum Gasteiger partial charge on any atom is -0.378 e. The van der Waals surface area contributed by atoms with Gasteiger partial charge in [-0.3, -0.25) is 0 Å². The van der Waals surface area contributed by atoms with E-state index < -0.39 is 0 Å². The number of ether oxygens (including phenoxy) is 1. The van der Waals surface area contributed by atoms with Crippen LogP contribution < -0.4 is 4.90 Å². The third kappa shape index (κ3) is 1.94. The third-order valence-electron chi connectivity index (χ3n) is 2.71. The number of alkyl halides is 1. The van der Waals surface area contributed by atoms with Crippen LogP contribution >= 0.6 is 11.6 Å². The van der Waals surface area contributed by atoms with E-state index in [9.17, 15) is 4.39 Å². The van der Waals surface area contributed by atoms with Gasteiger partial charge in [0.25, 0.3) is 0 Å². The summed E-state index contributed by atoms with van der Waals surface area (Å²) in [6.07, 6.45) is 0.216. The lowest BCUT2D eigenvalue weighted by Crippen LogP contribution is -2.52. The third-order valence-corrected chi connectivity index (χ3v) is 3.00. The van der Waals surface area contributed by atoms with Gasteiger partial charge in [-0.1, -0.05) is 12.1 Å². The van der Waals surface area contributed by atoms with Crippen molar-refractivity contribution in [2.75, 3.05) is 25.1 Å². The van der Waals surface area contributed by atoms with E-state index in [1.54, 1.807) is 13.2 Å². The van der Waals surface area contributed by atoms with Crippen LogP contribution in [0.25, 0.3) is 0 Å². The molecule has 82 valence electrons. The number of rotatable bonds is 3. The first-order valence-electron chi connectivity index (χ1n) is 4.87. The van der Waals surface area contributed by atoms with E-state index in [4.69, 9.17) is 16.3 Å². The fourth-order valence-corrected chi connectivity index (χ4v) is 2.01. The van der Waals surface area contributed by atoms with Gasteiger partial charge in [-0.2, -0.15) is 0 Å². The monoisotopic (exact) mass is 229 g/mol. The average Bonchev–Trinajstić information content (AvgIpc) is 2.18. The molecular formula is C11H13ClFNO. The molecule has 1 aromatic rings. The van der Waals surface area contributed by atoms with Gasteiger partial charge < -0.3 is 9.64 Å². The molecule has 1 heterocycles. The zero-order valence-corrected chi connectivity index (χ0v) is 9.30. The second kappa shape index (κ2) is 4.37. The fraction of sp³-hybridized carbons (Fsp3) is 0.455. The predicted octanol–water partition coefficient (Wildman–Crippen LogP) is 2.40. The van der Waals surface area contributed by atoms with Crippen molar-refractivity contribution in [1.82, 2.24) is 0 Å². The molecule has 0 atom stereocenters. The molecule has 0 amide bonds. The molecule has 2 rings (SSSR count). The van der Waals surface area contributed by atoms with Crippen molar-refractivity contribution in [1.29, 1.82) is 0 Å². The van der Waals surface area contributed by atoms with Crippen LogP contribution in [-0.4, -0.2) is 26.3 Å². The van der Waals surface area contributed by atoms with Gasteiger partial charge in [0.15, 0.2) is 0 Å². The van der Waals surface area contributed by atoms with Crippen LogP contribution in [-0.2, 0) is 10.6 Å². The van der Waals surface area contributed by atoms with Crippen LogP contribution in [0.3, 0.4) is 0 Å². The summed E-state index contributed by atoms with van der Waals surface area (Å²) in [4.78, 5) is 1.96. The van der Waals surface area contributed by atoms with E-state index in [1.165, 1.54) is 6.07 Å². The van der Waals surface area contributed by atoms with Crippen LogP contribution in [0.2, 0.25) is 0 Å². The molecule has 15 heavy (non-hydrogen) atoms. The van der Waals surface area contributed by atoms with Gasteiger partial charge in [0.05, 0.1) is 11.8 Å². The molecule has 0 bridgehead atoms. The largest absolute Gasteiger partial charge is 0.378 e. The maximum atomic E-state index is 13.6. The Labute approximate surface area is 93.6 Å². The van der Waals surface area contributed by atoms with Gasteiger partial charge in [-0.15, -0.1) is 11.6 Å². The molecule has 2 nitrogen and oxygen atoms in total. The number of benzene rings is 1. The van der Waals surface area contributed by atoms with E-state index in [-0.39, 0.29) is 11.9 Å². The maximum absolute atomic E-state index is 13.6. The SMILES string of the molecule is COC1CN(c2c(F)cccc2CCl)C1. The molecule has 1 aliphatic rings. The molecule has 1 aliphatic heterocycles. The molecule has 0 aromatic heterocycles. The molecule has 0 spiro atoms. The lowest BCUT2D eigenvalue weighted by Gasteiger charge is -2.40. The van der Waals surface area contributed by atoms with Gasteiger partial charge in [0.1, 0.15) is 5.82 Å². The number of methoxy groups -OCH3 is 1. The Morgan fingerprint density at radius 1 is 1.53 bits per heavy atom. The van der Waals surface area contributed by atoms with E-state index in [1.807, 2.05) is 11.0 Å². The van der Waals surface area contributed by atoms with Gasteiger partial charge in [0, 0.05) is 26.1 Å². The van der Waals surface area contributed by atoms with Crippen molar-refractivity contribution in [2.24, 2.45) is 0 Å². The topological polar surface area (TPSA) is 12.5 Å². The standard InChI is InChI=1S/C11H13ClFNO/c1-15-9-6-14(7-9)11-8(5-12)3-2-4-10(11)13/h2-4,9H,5-7H2,1H3. The molecule has 1 saturated heterocycles. The molecule has 1 aromatic carbocycles. The lowest BCUT2D eigenvalue weighted by atomic mass is 10.1. The Morgan fingerprint density at radius 2 is 2.27 bits per heavy atom. The fourth-order valence-electron chi connectivity index (χ4n) is 1.79. The van der Waals surface area contributed by atoms with Crippen molar-refractivity contribution < 1.29 is 9.13 Å². The molecular weight excluding hydrogens is 217 g/mol. The number of nitrogens with zero attached hydrogens (tertiary/aromatic N) is 1. The Balaban J connectivity index is 2.21. The molecule has 4 heteroatoms. The van der Waals surface area contributed by atoms with Crippen LogP contribution in [0.4, 0.5) is 10.1 Å². The van der Waals surface area contributed by atoms with Crippen LogP contribution in [0, 0.1) is 5.82 Å². The summed E-state index contributed by atoms with van der Waals surface area (Å²) >= 11 is 5.77. The molecule has 0 radical (unpaired) electrons. The van der Waals surface area contributed by atoms with Gasteiger partial charge in [-0.25, -0.2) is 4.39 Å². The summed E-state index contributed by atoms with van der Waals surface area (Å²) in [5.41, 5.74) is 1.46. The molecule has 0 saturated carbocycles. The van der Waals surface area contributed by atoms with E-state index in [2.05, 4.69) is 0 Å². The zero-order chi connectivity index (χ0) is 10.8. The summed E-state index contributed by atoms with van der Waals surface area (Å²) in [7, 11) is 1.67. The zero-order valence-electron chi connectivity index (χ0n) is 8.54. The summed E-state index contributed by atoms with van der Waals surface area (Å²) in [5.74, 6) is 0.129. The highest BCUT2D eigenvalue weighted by Crippen LogP contribution is 2.30. The lowest BCUT2D eigenvalue weighted by molar-refractivity contribution is 0.0783. The Morgan fingerprint density at radius 3 is 2.87 bits per heavy atom. The van der Waals surface area contributed by atoms with Crippen molar-refractivity contribution >= 4 is 17.3 Å². The second-order valence-corrected chi connectivity index (χ2v) is 3.91.